The molecule has 5 heteroatoms. The Kier molecular flexibility index (Phi) is 5.92. The first-order valence-corrected chi connectivity index (χ1v) is 10.8. The van der Waals surface area contributed by atoms with Crippen molar-refractivity contribution in [1.82, 2.24) is 14.3 Å². The molecule has 1 N–H and O–H groups in total. The Labute approximate surface area is 183 Å². The van der Waals surface area contributed by atoms with Crippen LogP contribution in [0.25, 0.3) is 16.7 Å². The van der Waals surface area contributed by atoms with E-state index < -0.39 is 0 Å². The number of fused-ring (bicyclic) bond motifs is 3. The van der Waals surface area contributed by atoms with Crippen LogP contribution in [0.2, 0.25) is 0 Å². The van der Waals surface area contributed by atoms with Gasteiger partial charge in [0.2, 0.25) is 0 Å². The van der Waals surface area contributed by atoms with E-state index in [9.17, 15) is 5.26 Å². The Morgan fingerprint density at radius 1 is 1.06 bits per heavy atom. The maximum absolute atomic E-state index is 10.0. The van der Waals surface area contributed by atoms with Gasteiger partial charge in [0.1, 0.15) is 11.9 Å². The van der Waals surface area contributed by atoms with Crippen LogP contribution in [-0.4, -0.2) is 41.5 Å². The molecule has 2 aromatic carbocycles. The number of benzene rings is 2. The molecule has 0 saturated heterocycles. The summed E-state index contributed by atoms with van der Waals surface area (Å²) in [5.74, 6) is 1.04. The molecule has 0 aliphatic carbocycles. The quantitative estimate of drug-likeness (QED) is 0.438. The number of rotatable bonds is 7. The molecule has 2 heterocycles. The highest BCUT2D eigenvalue weighted by Crippen LogP contribution is 2.32. The number of anilines is 1. The van der Waals surface area contributed by atoms with Crippen molar-refractivity contribution in [3.05, 3.63) is 76.3 Å². The van der Waals surface area contributed by atoms with Gasteiger partial charge >= 0.3 is 0 Å². The number of pyridine rings is 1. The second-order valence-corrected chi connectivity index (χ2v) is 8.39. The average molecular weight is 412 g/mol. The van der Waals surface area contributed by atoms with E-state index in [4.69, 9.17) is 4.98 Å². The van der Waals surface area contributed by atoms with Gasteiger partial charge in [-0.15, -0.1) is 0 Å². The molecule has 0 amide bonds. The van der Waals surface area contributed by atoms with Gasteiger partial charge < -0.3 is 10.2 Å². The summed E-state index contributed by atoms with van der Waals surface area (Å²) in [6, 6.07) is 19.0. The molecule has 0 unspecified atom stereocenters. The zero-order valence-corrected chi connectivity index (χ0v) is 18.7. The Balaban J connectivity index is 1.93. The van der Waals surface area contributed by atoms with E-state index in [1.165, 1.54) is 11.1 Å². The van der Waals surface area contributed by atoms with E-state index in [1.807, 2.05) is 18.2 Å². The molecule has 5 nitrogen and oxygen atoms in total. The maximum atomic E-state index is 10.0. The minimum atomic E-state index is 0.652. The van der Waals surface area contributed by atoms with E-state index in [0.29, 0.717) is 5.56 Å². The number of para-hydroxylation sites is 2. The number of hydrogen-bond donors (Lipinski definition) is 1. The van der Waals surface area contributed by atoms with Gasteiger partial charge in [0.15, 0.2) is 5.65 Å². The topological polar surface area (TPSA) is 56.4 Å². The second-order valence-electron chi connectivity index (χ2n) is 8.39. The molecule has 4 rings (SSSR count). The molecule has 0 bridgehead atoms. The summed E-state index contributed by atoms with van der Waals surface area (Å²) in [7, 11) is 4.19. The number of aryl methyl sites for hydroxylation is 1. The Bertz CT molecular complexity index is 1280. The fraction of sp³-hybridized carbons (Fsp3) is 0.308. The maximum Gasteiger partial charge on any atom is 0.157 e. The van der Waals surface area contributed by atoms with E-state index in [0.717, 1.165) is 59.6 Å². The highest BCUT2D eigenvalue weighted by Gasteiger charge is 2.21. The molecule has 0 aliphatic heterocycles. The standard InChI is InChI=1S/C26H29N5/c1-18-10-5-6-11-20(18)16-21-19(2)22(17-27)26-29-23-12-7-8-13-24(23)31(26)25(21)28-14-9-15-30(3)4/h5-8,10-13,28H,9,14-16H2,1-4H3. The summed E-state index contributed by atoms with van der Waals surface area (Å²) in [6.07, 6.45) is 1.80. The van der Waals surface area contributed by atoms with Crippen LogP contribution < -0.4 is 5.32 Å². The molecule has 0 atom stereocenters. The van der Waals surface area contributed by atoms with E-state index >= 15 is 0 Å². The third kappa shape index (κ3) is 3.99. The predicted octanol–water partition coefficient (Wildman–Crippen LogP) is 4.93. The van der Waals surface area contributed by atoms with Gasteiger partial charge in [-0.25, -0.2) is 4.98 Å². The number of nitrogens with zero attached hydrogens (tertiary/aromatic N) is 4. The van der Waals surface area contributed by atoms with Crippen molar-refractivity contribution in [2.45, 2.75) is 26.7 Å². The lowest BCUT2D eigenvalue weighted by Gasteiger charge is -2.20. The van der Waals surface area contributed by atoms with Crippen LogP contribution in [0, 0.1) is 25.2 Å². The first-order chi connectivity index (χ1) is 15.0. The van der Waals surface area contributed by atoms with Gasteiger partial charge in [0.05, 0.1) is 16.6 Å². The lowest BCUT2D eigenvalue weighted by molar-refractivity contribution is 0.405. The van der Waals surface area contributed by atoms with Crippen molar-refractivity contribution in [3.8, 4) is 6.07 Å². The Morgan fingerprint density at radius 3 is 2.55 bits per heavy atom. The van der Waals surface area contributed by atoms with Crippen molar-refractivity contribution >= 4 is 22.5 Å². The van der Waals surface area contributed by atoms with Gasteiger partial charge in [-0.05, 0) is 69.7 Å². The molecule has 158 valence electrons. The van der Waals surface area contributed by atoms with Crippen molar-refractivity contribution < 1.29 is 0 Å². The third-order valence-corrected chi connectivity index (χ3v) is 5.94. The zero-order valence-electron chi connectivity index (χ0n) is 18.7. The molecule has 4 aromatic rings. The van der Waals surface area contributed by atoms with Gasteiger partial charge in [0.25, 0.3) is 0 Å². The van der Waals surface area contributed by atoms with Crippen LogP contribution in [0.4, 0.5) is 5.82 Å². The Morgan fingerprint density at radius 2 is 1.81 bits per heavy atom. The van der Waals surface area contributed by atoms with Crippen molar-refractivity contribution in [2.24, 2.45) is 0 Å². The monoisotopic (exact) mass is 411 g/mol. The van der Waals surface area contributed by atoms with Crippen LogP contribution in [0.1, 0.15) is 34.2 Å². The number of imidazole rings is 1. The SMILES string of the molecule is Cc1ccccc1Cc1c(C)c(C#N)c2nc3ccccc3n2c1NCCCN(C)C. The molecule has 31 heavy (non-hydrogen) atoms. The van der Waals surface area contributed by atoms with Crippen molar-refractivity contribution in [2.75, 3.05) is 32.5 Å². The molecule has 2 aromatic heterocycles. The van der Waals surface area contributed by atoms with Crippen LogP contribution in [0.5, 0.6) is 0 Å². The number of nitrogens with one attached hydrogen (secondary N) is 1. The molecule has 0 fully saturated rings. The number of nitriles is 1. The average Bonchev–Trinajstić information content (AvgIpc) is 3.13. The van der Waals surface area contributed by atoms with Gasteiger partial charge in [0, 0.05) is 18.5 Å². The summed E-state index contributed by atoms with van der Waals surface area (Å²) >= 11 is 0. The molecule has 0 saturated carbocycles. The first kappa shape index (κ1) is 20.9. The molecular weight excluding hydrogens is 382 g/mol. The summed E-state index contributed by atoms with van der Waals surface area (Å²) in [5, 5.41) is 13.7. The minimum absolute atomic E-state index is 0.652. The van der Waals surface area contributed by atoms with Crippen LogP contribution in [0.15, 0.2) is 48.5 Å². The first-order valence-electron chi connectivity index (χ1n) is 10.8. The van der Waals surface area contributed by atoms with E-state index in [1.54, 1.807) is 0 Å². The summed E-state index contributed by atoms with van der Waals surface area (Å²) in [4.78, 5) is 7.02. The van der Waals surface area contributed by atoms with Gasteiger partial charge in [-0.1, -0.05) is 36.4 Å². The molecule has 0 spiro atoms. The lowest BCUT2D eigenvalue weighted by Crippen LogP contribution is -2.18. The van der Waals surface area contributed by atoms with E-state index in [2.05, 4.69) is 79.0 Å². The largest absolute Gasteiger partial charge is 0.371 e. The summed E-state index contributed by atoms with van der Waals surface area (Å²) in [6.45, 7) is 6.07. The Hall–Kier alpha value is -3.36. The van der Waals surface area contributed by atoms with Gasteiger partial charge in [-0.2, -0.15) is 5.26 Å². The minimum Gasteiger partial charge on any atom is -0.371 e. The van der Waals surface area contributed by atoms with Crippen LogP contribution in [-0.2, 0) is 6.42 Å². The second kappa shape index (κ2) is 8.79. The van der Waals surface area contributed by atoms with Gasteiger partial charge in [-0.3, -0.25) is 4.40 Å². The summed E-state index contributed by atoms with van der Waals surface area (Å²) in [5.41, 5.74) is 8.00. The highest BCUT2D eigenvalue weighted by atomic mass is 15.1. The number of aromatic nitrogens is 2. The van der Waals surface area contributed by atoms with Crippen molar-refractivity contribution in [3.63, 3.8) is 0 Å². The highest BCUT2D eigenvalue weighted by molar-refractivity contribution is 5.86. The molecule has 0 aliphatic rings. The zero-order chi connectivity index (χ0) is 22.0. The fourth-order valence-electron chi connectivity index (χ4n) is 4.19. The lowest BCUT2D eigenvalue weighted by atomic mass is 9.95. The fourth-order valence-corrected chi connectivity index (χ4v) is 4.19. The predicted molar refractivity (Wildman–Crippen MR) is 128 cm³/mol. The number of hydrogen-bond acceptors (Lipinski definition) is 4. The van der Waals surface area contributed by atoms with Crippen molar-refractivity contribution in [1.29, 1.82) is 5.26 Å². The molecular formula is C26H29N5. The third-order valence-electron chi connectivity index (χ3n) is 5.94. The normalized spacial score (nSPS) is 11.4. The molecule has 0 radical (unpaired) electrons. The summed E-state index contributed by atoms with van der Waals surface area (Å²) < 4.78 is 2.14. The van der Waals surface area contributed by atoms with Crippen LogP contribution >= 0.6 is 0 Å². The van der Waals surface area contributed by atoms with Crippen LogP contribution in [0.3, 0.4) is 0 Å². The smallest absolute Gasteiger partial charge is 0.157 e. The van der Waals surface area contributed by atoms with E-state index in [-0.39, 0.29) is 0 Å².